The Morgan fingerprint density at radius 1 is 1.47 bits per heavy atom. The van der Waals surface area contributed by atoms with Crippen LogP contribution in [0.4, 0.5) is 10.1 Å². The molecule has 1 saturated heterocycles. The highest BCUT2D eigenvalue weighted by Crippen LogP contribution is 2.26. The molecular formula is C11H10BrFN2O2. The molecule has 0 spiro atoms. The number of hydrogen-bond acceptors (Lipinski definition) is 2. The van der Waals surface area contributed by atoms with E-state index in [-0.39, 0.29) is 24.0 Å². The lowest BCUT2D eigenvalue weighted by atomic mass is 10.1. The van der Waals surface area contributed by atoms with Crippen LogP contribution in [0.3, 0.4) is 0 Å². The van der Waals surface area contributed by atoms with E-state index in [1.165, 1.54) is 17.0 Å². The lowest BCUT2D eigenvalue weighted by Gasteiger charge is -2.32. The zero-order chi connectivity index (χ0) is 12.6. The van der Waals surface area contributed by atoms with Crippen LogP contribution in [-0.4, -0.2) is 24.4 Å². The molecule has 0 saturated carbocycles. The quantitative estimate of drug-likeness (QED) is 0.853. The minimum absolute atomic E-state index is 0.0985. The first kappa shape index (κ1) is 12.0. The third-order valence-electron chi connectivity index (χ3n) is 2.62. The van der Waals surface area contributed by atoms with Gasteiger partial charge in [-0.25, -0.2) is 4.39 Å². The number of anilines is 1. The van der Waals surface area contributed by atoms with Crippen molar-refractivity contribution < 1.29 is 14.0 Å². The van der Waals surface area contributed by atoms with E-state index in [0.717, 1.165) is 0 Å². The van der Waals surface area contributed by atoms with Gasteiger partial charge in [0.15, 0.2) is 0 Å². The van der Waals surface area contributed by atoms with Gasteiger partial charge in [0, 0.05) is 4.47 Å². The minimum Gasteiger partial charge on any atom is -0.345 e. The Bertz CT molecular complexity index is 492. The van der Waals surface area contributed by atoms with Crippen LogP contribution in [0.5, 0.6) is 0 Å². The molecule has 2 rings (SSSR count). The second-order valence-corrected chi connectivity index (χ2v) is 4.67. The maximum atomic E-state index is 13.8. The first-order valence-electron chi connectivity index (χ1n) is 5.05. The number of carbonyl (C=O) groups excluding carboxylic acids is 2. The Morgan fingerprint density at radius 3 is 2.82 bits per heavy atom. The number of rotatable bonds is 1. The summed E-state index contributed by atoms with van der Waals surface area (Å²) in [5.74, 6) is -1.14. The molecule has 1 aliphatic rings. The molecule has 2 amide bonds. The Kier molecular flexibility index (Phi) is 3.15. The number of nitrogens with zero attached hydrogens (tertiary/aromatic N) is 1. The largest absolute Gasteiger partial charge is 0.345 e. The van der Waals surface area contributed by atoms with Crippen LogP contribution in [-0.2, 0) is 9.59 Å². The zero-order valence-corrected chi connectivity index (χ0v) is 10.6. The summed E-state index contributed by atoms with van der Waals surface area (Å²) in [7, 11) is 0. The van der Waals surface area contributed by atoms with Crippen molar-refractivity contribution in [2.75, 3.05) is 11.4 Å². The highest BCUT2D eigenvalue weighted by molar-refractivity contribution is 9.10. The number of halogens is 2. The maximum absolute atomic E-state index is 13.8. The Labute approximate surface area is 106 Å². The molecule has 1 fully saturated rings. The average molecular weight is 301 g/mol. The molecule has 90 valence electrons. The van der Waals surface area contributed by atoms with E-state index in [9.17, 15) is 14.0 Å². The summed E-state index contributed by atoms with van der Waals surface area (Å²) in [6.07, 6.45) is 0. The summed E-state index contributed by atoms with van der Waals surface area (Å²) in [6, 6.07) is 3.67. The molecule has 1 unspecified atom stereocenters. The van der Waals surface area contributed by atoms with E-state index in [1.54, 1.807) is 13.0 Å². The number of nitrogens with one attached hydrogen (secondary N) is 1. The number of amides is 2. The third kappa shape index (κ3) is 2.17. The fourth-order valence-corrected chi connectivity index (χ4v) is 2.08. The monoisotopic (exact) mass is 300 g/mol. The number of piperazine rings is 1. The first-order chi connectivity index (χ1) is 8.00. The van der Waals surface area contributed by atoms with Gasteiger partial charge in [-0.2, -0.15) is 0 Å². The lowest BCUT2D eigenvalue weighted by Crippen LogP contribution is -2.57. The molecule has 17 heavy (non-hydrogen) atoms. The summed E-state index contributed by atoms with van der Waals surface area (Å²) < 4.78 is 14.3. The van der Waals surface area contributed by atoms with Crippen LogP contribution in [0, 0.1) is 5.82 Å². The Balaban J connectivity index is 2.43. The molecule has 1 aromatic carbocycles. The van der Waals surface area contributed by atoms with E-state index >= 15 is 0 Å². The maximum Gasteiger partial charge on any atom is 0.247 e. The predicted octanol–water partition coefficient (Wildman–Crippen LogP) is 1.44. The molecule has 0 bridgehead atoms. The van der Waals surface area contributed by atoms with Gasteiger partial charge in [0.2, 0.25) is 11.8 Å². The van der Waals surface area contributed by atoms with Gasteiger partial charge in [-0.1, -0.05) is 15.9 Å². The van der Waals surface area contributed by atoms with Crippen molar-refractivity contribution in [1.82, 2.24) is 5.32 Å². The number of hydrogen-bond donors (Lipinski definition) is 1. The van der Waals surface area contributed by atoms with Gasteiger partial charge in [-0.3, -0.25) is 14.5 Å². The molecule has 0 aliphatic carbocycles. The van der Waals surface area contributed by atoms with Crippen LogP contribution in [0.15, 0.2) is 22.7 Å². The normalized spacial score (nSPS) is 20.4. The molecule has 1 aromatic rings. The molecule has 1 heterocycles. The van der Waals surface area contributed by atoms with Crippen LogP contribution in [0.1, 0.15) is 6.92 Å². The highest BCUT2D eigenvalue weighted by atomic mass is 79.9. The smallest absolute Gasteiger partial charge is 0.247 e. The van der Waals surface area contributed by atoms with E-state index < -0.39 is 11.9 Å². The van der Waals surface area contributed by atoms with Crippen molar-refractivity contribution in [3.05, 3.63) is 28.5 Å². The summed E-state index contributed by atoms with van der Waals surface area (Å²) in [5, 5.41) is 2.45. The molecule has 1 N–H and O–H groups in total. The van der Waals surface area contributed by atoms with Crippen molar-refractivity contribution in [3.63, 3.8) is 0 Å². The summed E-state index contributed by atoms with van der Waals surface area (Å²) in [6.45, 7) is 1.46. The van der Waals surface area contributed by atoms with E-state index in [2.05, 4.69) is 21.2 Å². The van der Waals surface area contributed by atoms with E-state index in [1.807, 2.05) is 0 Å². The zero-order valence-electron chi connectivity index (χ0n) is 9.04. The van der Waals surface area contributed by atoms with Gasteiger partial charge in [0.05, 0.1) is 12.2 Å². The molecular weight excluding hydrogens is 291 g/mol. The second kappa shape index (κ2) is 4.44. The minimum atomic E-state index is -0.702. The summed E-state index contributed by atoms with van der Waals surface area (Å²) in [4.78, 5) is 24.4. The van der Waals surface area contributed by atoms with Crippen LogP contribution < -0.4 is 10.2 Å². The average Bonchev–Trinajstić information content (AvgIpc) is 2.27. The van der Waals surface area contributed by atoms with Crippen LogP contribution in [0.25, 0.3) is 0 Å². The SMILES string of the molecule is CC1C(=O)NCC(=O)N1c1ccc(Br)cc1F. The molecule has 4 nitrogen and oxygen atoms in total. The Hall–Kier alpha value is -1.43. The Morgan fingerprint density at radius 2 is 2.18 bits per heavy atom. The van der Waals surface area contributed by atoms with E-state index in [4.69, 9.17) is 0 Å². The van der Waals surface area contributed by atoms with Crippen molar-refractivity contribution in [1.29, 1.82) is 0 Å². The van der Waals surface area contributed by atoms with Gasteiger partial charge in [-0.05, 0) is 25.1 Å². The van der Waals surface area contributed by atoms with Gasteiger partial charge in [0.25, 0.3) is 0 Å². The van der Waals surface area contributed by atoms with Crippen LogP contribution >= 0.6 is 15.9 Å². The van der Waals surface area contributed by atoms with Gasteiger partial charge >= 0.3 is 0 Å². The molecule has 6 heteroatoms. The number of benzene rings is 1. The third-order valence-corrected chi connectivity index (χ3v) is 3.11. The standard InChI is InChI=1S/C11H10BrFN2O2/c1-6-11(17)14-5-10(16)15(6)9-3-2-7(12)4-8(9)13/h2-4,6H,5H2,1H3,(H,14,17). The van der Waals surface area contributed by atoms with Gasteiger partial charge in [-0.15, -0.1) is 0 Å². The lowest BCUT2D eigenvalue weighted by molar-refractivity contribution is -0.130. The van der Waals surface area contributed by atoms with Gasteiger partial charge in [0.1, 0.15) is 11.9 Å². The van der Waals surface area contributed by atoms with Gasteiger partial charge < -0.3 is 5.32 Å². The fourth-order valence-electron chi connectivity index (χ4n) is 1.75. The predicted molar refractivity (Wildman–Crippen MR) is 64.1 cm³/mol. The van der Waals surface area contributed by atoms with Crippen molar-refractivity contribution in [3.8, 4) is 0 Å². The molecule has 0 aromatic heterocycles. The first-order valence-corrected chi connectivity index (χ1v) is 5.85. The molecule has 1 atom stereocenters. The van der Waals surface area contributed by atoms with E-state index in [0.29, 0.717) is 4.47 Å². The second-order valence-electron chi connectivity index (χ2n) is 3.75. The van der Waals surface area contributed by atoms with Crippen LogP contribution in [0.2, 0.25) is 0 Å². The highest BCUT2D eigenvalue weighted by Gasteiger charge is 2.33. The molecule has 0 radical (unpaired) electrons. The fraction of sp³-hybridized carbons (Fsp3) is 0.273. The topological polar surface area (TPSA) is 49.4 Å². The van der Waals surface area contributed by atoms with Crippen molar-refractivity contribution in [2.45, 2.75) is 13.0 Å². The molecule has 1 aliphatic heterocycles. The number of carbonyl (C=O) groups is 2. The summed E-state index contributed by atoms with van der Waals surface area (Å²) in [5.41, 5.74) is 0.126. The van der Waals surface area contributed by atoms with Crippen molar-refractivity contribution in [2.24, 2.45) is 0 Å². The van der Waals surface area contributed by atoms with Crippen molar-refractivity contribution >= 4 is 33.4 Å². The summed E-state index contributed by atoms with van der Waals surface area (Å²) >= 11 is 3.14.